The molecule has 3 aliphatic rings. The van der Waals surface area contributed by atoms with Crippen molar-refractivity contribution in [1.82, 2.24) is 19.5 Å². The van der Waals surface area contributed by atoms with Gasteiger partial charge in [0.1, 0.15) is 0 Å². The first-order valence-electron chi connectivity index (χ1n) is 9.30. The van der Waals surface area contributed by atoms with Gasteiger partial charge in [0, 0.05) is 38.8 Å². The van der Waals surface area contributed by atoms with Crippen LogP contribution in [0.4, 0.5) is 0 Å². The van der Waals surface area contributed by atoms with Crippen LogP contribution in [-0.4, -0.2) is 51.7 Å². The molecule has 2 aliphatic heterocycles. The number of amides is 1. The van der Waals surface area contributed by atoms with Crippen molar-refractivity contribution in [2.24, 2.45) is 18.4 Å². The van der Waals surface area contributed by atoms with E-state index in [4.69, 9.17) is 4.84 Å². The molecule has 132 valence electrons. The van der Waals surface area contributed by atoms with Crippen molar-refractivity contribution in [1.29, 1.82) is 0 Å². The highest BCUT2D eigenvalue weighted by molar-refractivity contribution is 5.79. The molecular weight excluding hydrogens is 304 g/mol. The lowest BCUT2D eigenvalue weighted by molar-refractivity contribution is -0.204. The third-order valence-corrected chi connectivity index (χ3v) is 6.22. The van der Waals surface area contributed by atoms with Gasteiger partial charge in [-0.1, -0.05) is 6.42 Å². The summed E-state index contributed by atoms with van der Waals surface area (Å²) in [7, 11) is 2.05. The maximum absolute atomic E-state index is 13.0. The number of hydroxylamine groups is 2. The van der Waals surface area contributed by atoms with Crippen molar-refractivity contribution in [3.05, 3.63) is 18.2 Å². The minimum Gasteiger partial charge on any atom is -0.337 e. The minimum atomic E-state index is 0.145. The van der Waals surface area contributed by atoms with Crippen LogP contribution in [-0.2, 0) is 23.2 Å². The lowest BCUT2D eigenvalue weighted by atomic mass is 9.76. The summed E-state index contributed by atoms with van der Waals surface area (Å²) in [4.78, 5) is 25.4. The average Bonchev–Trinajstić information content (AvgIpc) is 3.31. The summed E-state index contributed by atoms with van der Waals surface area (Å²) in [5.74, 6) is 0.390. The summed E-state index contributed by atoms with van der Waals surface area (Å²) in [5, 5.41) is 1.67. The third kappa shape index (κ3) is 2.86. The Morgan fingerprint density at radius 3 is 3.00 bits per heavy atom. The molecule has 1 amide bonds. The van der Waals surface area contributed by atoms with Crippen molar-refractivity contribution >= 4 is 5.91 Å². The number of aromatic nitrogens is 2. The zero-order chi connectivity index (χ0) is 16.6. The Bertz CT molecular complexity index is 596. The van der Waals surface area contributed by atoms with E-state index in [2.05, 4.69) is 14.5 Å². The fraction of sp³-hybridized carbons (Fsp3) is 0.778. The molecule has 6 heteroatoms. The molecule has 1 saturated carbocycles. The maximum atomic E-state index is 13.0. The molecule has 1 aromatic rings. The van der Waals surface area contributed by atoms with E-state index >= 15 is 0 Å². The quantitative estimate of drug-likeness (QED) is 0.849. The van der Waals surface area contributed by atoms with Gasteiger partial charge >= 0.3 is 0 Å². The van der Waals surface area contributed by atoms with Crippen LogP contribution in [0.25, 0.3) is 0 Å². The second-order valence-electron chi connectivity index (χ2n) is 7.74. The molecule has 0 bridgehead atoms. The van der Waals surface area contributed by atoms with Gasteiger partial charge in [-0.05, 0) is 44.1 Å². The first-order valence-corrected chi connectivity index (χ1v) is 9.30. The van der Waals surface area contributed by atoms with Gasteiger partial charge in [0.05, 0.1) is 18.6 Å². The van der Waals surface area contributed by atoms with Crippen LogP contribution in [0, 0.1) is 11.3 Å². The first-order chi connectivity index (χ1) is 11.7. The molecule has 2 saturated heterocycles. The number of carbonyl (C=O) groups is 1. The summed E-state index contributed by atoms with van der Waals surface area (Å²) >= 11 is 0. The van der Waals surface area contributed by atoms with Crippen molar-refractivity contribution in [2.45, 2.75) is 45.1 Å². The van der Waals surface area contributed by atoms with Gasteiger partial charge in [0.15, 0.2) is 0 Å². The summed E-state index contributed by atoms with van der Waals surface area (Å²) in [6.45, 7) is 4.50. The summed E-state index contributed by atoms with van der Waals surface area (Å²) in [5.41, 5.74) is 1.41. The Morgan fingerprint density at radius 1 is 1.33 bits per heavy atom. The predicted octanol–water partition coefficient (Wildman–Crippen LogP) is 1.97. The van der Waals surface area contributed by atoms with Gasteiger partial charge in [0.2, 0.25) is 5.91 Å². The van der Waals surface area contributed by atoms with Crippen LogP contribution in [0.15, 0.2) is 12.5 Å². The molecule has 1 aromatic heterocycles. The number of hydrogen-bond donors (Lipinski definition) is 0. The highest BCUT2D eigenvalue weighted by atomic mass is 16.7. The van der Waals surface area contributed by atoms with Gasteiger partial charge in [-0.15, -0.1) is 0 Å². The molecule has 0 radical (unpaired) electrons. The smallest absolute Gasteiger partial charge is 0.249 e. The predicted molar refractivity (Wildman–Crippen MR) is 89.8 cm³/mol. The molecular formula is C18H28N4O2. The zero-order valence-electron chi connectivity index (χ0n) is 14.6. The van der Waals surface area contributed by atoms with E-state index in [0.717, 1.165) is 51.9 Å². The van der Waals surface area contributed by atoms with Gasteiger partial charge in [-0.3, -0.25) is 14.5 Å². The molecule has 6 nitrogen and oxygen atoms in total. The van der Waals surface area contributed by atoms with Crippen LogP contribution in [0.1, 0.15) is 44.2 Å². The normalized spacial score (nSPS) is 31.2. The van der Waals surface area contributed by atoms with Crippen LogP contribution >= 0.6 is 0 Å². The van der Waals surface area contributed by atoms with Crippen molar-refractivity contribution in [3.8, 4) is 0 Å². The van der Waals surface area contributed by atoms with E-state index < -0.39 is 0 Å². The standard InChI is InChI=1S/C18H28N4O2/c1-20-14-19-11-15(20)12-21-9-7-18(13-21)6-4-5-16(18)17(23)22-8-2-3-10-24-22/h11,14,16H,2-10,12-13H2,1H3/t16-,18-/m0/s1. The van der Waals surface area contributed by atoms with Gasteiger partial charge < -0.3 is 4.57 Å². The maximum Gasteiger partial charge on any atom is 0.249 e. The molecule has 0 aromatic carbocycles. The van der Waals surface area contributed by atoms with Crippen LogP contribution in [0.3, 0.4) is 0 Å². The highest BCUT2D eigenvalue weighted by Crippen LogP contribution is 2.50. The lowest BCUT2D eigenvalue weighted by Gasteiger charge is -2.35. The Labute approximate surface area is 143 Å². The topological polar surface area (TPSA) is 50.6 Å². The SMILES string of the molecule is Cn1cncc1CN1CC[C@@]2(CCC[C@H]2C(=O)N2CCCCO2)C1. The molecule has 3 fully saturated rings. The number of carbonyl (C=O) groups excluding carboxylic acids is 1. The molecule has 2 atom stereocenters. The molecule has 0 unspecified atom stereocenters. The van der Waals surface area contributed by atoms with Gasteiger partial charge in [0.25, 0.3) is 0 Å². The Kier molecular flexibility index (Phi) is 4.35. The number of likely N-dealkylation sites (tertiary alicyclic amines) is 1. The Morgan fingerprint density at radius 2 is 2.25 bits per heavy atom. The monoisotopic (exact) mass is 332 g/mol. The lowest BCUT2D eigenvalue weighted by Crippen LogP contribution is -2.45. The van der Waals surface area contributed by atoms with Crippen molar-refractivity contribution in [3.63, 3.8) is 0 Å². The second kappa shape index (κ2) is 6.48. The number of imidazole rings is 1. The van der Waals surface area contributed by atoms with E-state index in [1.165, 1.54) is 18.5 Å². The third-order valence-electron chi connectivity index (χ3n) is 6.22. The number of nitrogens with zero attached hydrogens (tertiary/aromatic N) is 4. The summed E-state index contributed by atoms with van der Waals surface area (Å²) in [6, 6.07) is 0. The first kappa shape index (κ1) is 16.1. The van der Waals surface area contributed by atoms with Crippen LogP contribution in [0.5, 0.6) is 0 Å². The largest absolute Gasteiger partial charge is 0.337 e. The van der Waals surface area contributed by atoms with E-state index in [1.54, 1.807) is 5.06 Å². The van der Waals surface area contributed by atoms with Gasteiger partial charge in [-0.2, -0.15) is 0 Å². The van der Waals surface area contributed by atoms with E-state index in [9.17, 15) is 4.79 Å². The molecule has 4 rings (SSSR count). The molecule has 0 N–H and O–H groups in total. The van der Waals surface area contributed by atoms with Gasteiger partial charge in [-0.25, -0.2) is 10.0 Å². The van der Waals surface area contributed by atoms with E-state index in [-0.39, 0.29) is 17.2 Å². The second-order valence-corrected chi connectivity index (χ2v) is 7.74. The molecule has 24 heavy (non-hydrogen) atoms. The fourth-order valence-corrected chi connectivity index (χ4v) is 4.84. The Hall–Kier alpha value is -1.40. The molecule has 1 spiro atoms. The van der Waals surface area contributed by atoms with Crippen LogP contribution in [0.2, 0.25) is 0 Å². The minimum absolute atomic E-state index is 0.145. The fourth-order valence-electron chi connectivity index (χ4n) is 4.84. The highest BCUT2D eigenvalue weighted by Gasteiger charge is 2.51. The van der Waals surface area contributed by atoms with E-state index in [0.29, 0.717) is 6.61 Å². The Balaban J connectivity index is 1.44. The number of hydrogen-bond acceptors (Lipinski definition) is 4. The van der Waals surface area contributed by atoms with Crippen LogP contribution < -0.4 is 0 Å². The zero-order valence-corrected chi connectivity index (χ0v) is 14.6. The number of aryl methyl sites for hydroxylation is 1. The average molecular weight is 332 g/mol. The molecule has 1 aliphatic carbocycles. The molecule has 3 heterocycles. The number of rotatable bonds is 3. The summed E-state index contributed by atoms with van der Waals surface area (Å²) < 4.78 is 2.09. The summed E-state index contributed by atoms with van der Waals surface area (Å²) in [6.07, 6.45) is 10.5. The van der Waals surface area contributed by atoms with Crippen molar-refractivity contribution in [2.75, 3.05) is 26.2 Å². The van der Waals surface area contributed by atoms with Crippen molar-refractivity contribution < 1.29 is 9.63 Å². The van der Waals surface area contributed by atoms with E-state index in [1.807, 2.05) is 19.6 Å².